The molecule has 0 aliphatic rings. The second kappa shape index (κ2) is 5.79. The van der Waals surface area contributed by atoms with Gasteiger partial charge in [0.2, 0.25) is 5.95 Å². The lowest BCUT2D eigenvalue weighted by molar-refractivity contribution is 0.0697. The van der Waals surface area contributed by atoms with Gasteiger partial charge in [-0.2, -0.15) is 0 Å². The van der Waals surface area contributed by atoms with E-state index in [-0.39, 0.29) is 15.6 Å². The first-order valence-corrected chi connectivity index (χ1v) is 7.02. The predicted octanol–water partition coefficient (Wildman–Crippen LogP) is 4.38. The maximum atomic E-state index is 11.2. The Balaban J connectivity index is 2.01. The first kappa shape index (κ1) is 14.6. The Morgan fingerprint density at radius 2 is 1.91 bits per heavy atom. The fourth-order valence-electron chi connectivity index (χ4n) is 2.00. The van der Waals surface area contributed by atoms with E-state index in [0.717, 1.165) is 10.9 Å². The Hall–Kier alpha value is -2.37. The number of nitrogens with zero attached hydrogens (tertiary/aromatic N) is 2. The lowest BCUT2D eigenvalue weighted by atomic mass is 10.2. The summed E-state index contributed by atoms with van der Waals surface area (Å²) in [6.07, 6.45) is 1.67. The number of aromatic carboxylic acids is 1. The fraction of sp³-hybridized carbons (Fsp3) is 0. The standard InChI is InChI=1S/C15H9Cl2N3O2/c16-9-5-6-11(13(17)12(9)14(21)22)20-15-18-7-8-3-1-2-4-10(8)19-15/h1-7H,(H,21,22)(H,18,19,20). The molecule has 2 aromatic carbocycles. The number of hydrogen-bond donors (Lipinski definition) is 2. The van der Waals surface area contributed by atoms with Crippen molar-refractivity contribution in [3.8, 4) is 0 Å². The van der Waals surface area contributed by atoms with Gasteiger partial charge in [-0.05, 0) is 18.2 Å². The molecule has 0 fully saturated rings. The minimum Gasteiger partial charge on any atom is -0.478 e. The molecular formula is C15H9Cl2N3O2. The van der Waals surface area contributed by atoms with Gasteiger partial charge in [-0.25, -0.2) is 14.8 Å². The number of fused-ring (bicyclic) bond motifs is 1. The van der Waals surface area contributed by atoms with Crippen molar-refractivity contribution in [2.75, 3.05) is 5.32 Å². The Morgan fingerprint density at radius 1 is 1.14 bits per heavy atom. The molecule has 0 bridgehead atoms. The molecule has 0 saturated heterocycles. The number of rotatable bonds is 3. The maximum Gasteiger partial charge on any atom is 0.338 e. The fourth-order valence-corrected chi connectivity index (χ4v) is 2.58. The molecule has 0 saturated carbocycles. The van der Waals surface area contributed by atoms with E-state index >= 15 is 0 Å². The molecule has 3 rings (SSSR count). The molecule has 0 spiro atoms. The molecule has 0 atom stereocenters. The van der Waals surface area contributed by atoms with Gasteiger partial charge in [-0.3, -0.25) is 0 Å². The number of benzene rings is 2. The number of halogens is 2. The SMILES string of the molecule is O=C(O)c1c(Cl)ccc(Nc2ncc3ccccc3n2)c1Cl. The van der Waals surface area contributed by atoms with E-state index in [1.165, 1.54) is 6.07 Å². The van der Waals surface area contributed by atoms with Crippen LogP contribution in [0.1, 0.15) is 10.4 Å². The molecule has 0 aliphatic heterocycles. The van der Waals surface area contributed by atoms with Crippen molar-refractivity contribution < 1.29 is 9.90 Å². The summed E-state index contributed by atoms with van der Waals surface area (Å²) < 4.78 is 0. The van der Waals surface area contributed by atoms with Gasteiger partial charge in [-0.1, -0.05) is 41.4 Å². The Morgan fingerprint density at radius 3 is 2.68 bits per heavy atom. The summed E-state index contributed by atoms with van der Waals surface area (Å²) in [5, 5.41) is 13.0. The number of aromatic nitrogens is 2. The van der Waals surface area contributed by atoms with Crippen LogP contribution in [0.4, 0.5) is 11.6 Å². The molecule has 1 heterocycles. The zero-order valence-corrected chi connectivity index (χ0v) is 12.6. The Kier molecular flexibility index (Phi) is 3.83. The maximum absolute atomic E-state index is 11.2. The van der Waals surface area contributed by atoms with E-state index in [4.69, 9.17) is 28.3 Å². The van der Waals surface area contributed by atoms with Gasteiger partial charge in [0.05, 0.1) is 26.8 Å². The van der Waals surface area contributed by atoms with Crippen LogP contribution in [0.2, 0.25) is 10.0 Å². The van der Waals surface area contributed by atoms with Crippen molar-refractivity contribution in [2.24, 2.45) is 0 Å². The van der Waals surface area contributed by atoms with Crippen molar-refractivity contribution >= 4 is 51.7 Å². The van der Waals surface area contributed by atoms with Crippen LogP contribution in [0.15, 0.2) is 42.6 Å². The van der Waals surface area contributed by atoms with E-state index in [1.807, 2.05) is 24.3 Å². The molecule has 0 radical (unpaired) electrons. The highest BCUT2D eigenvalue weighted by Crippen LogP contribution is 2.33. The molecule has 0 unspecified atom stereocenters. The first-order valence-electron chi connectivity index (χ1n) is 6.26. The molecule has 1 aromatic heterocycles. The van der Waals surface area contributed by atoms with E-state index in [1.54, 1.807) is 12.3 Å². The van der Waals surface area contributed by atoms with Gasteiger partial charge in [-0.15, -0.1) is 0 Å². The summed E-state index contributed by atoms with van der Waals surface area (Å²) in [5.41, 5.74) is 0.983. The van der Waals surface area contributed by atoms with Gasteiger partial charge in [0, 0.05) is 11.6 Å². The van der Waals surface area contributed by atoms with Gasteiger partial charge in [0.15, 0.2) is 0 Å². The second-order valence-electron chi connectivity index (χ2n) is 4.47. The van der Waals surface area contributed by atoms with Crippen LogP contribution >= 0.6 is 23.2 Å². The van der Waals surface area contributed by atoms with Crippen molar-refractivity contribution in [3.63, 3.8) is 0 Å². The van der Waals surface area contributed by atoms with Crippen molar-refractivity contribution in [1.29, 1.82) is 0 Å². The highest BCUT2D eigenvalue weighted by molar-refractivity contribution is 6.41. The molecule has 3 aromatic rings. The molecule has 110 valence electrons. The van der Waals surface area contributed by atoms with Crippen molar-refractivity contribution in [1.82, 2.24) is 9.97 Å². The molecule has 7 heteroatoms. The number of anilines is 2. The summed E-state index contributed by atoms with van der Waals surface area (Å²) in [6.45, 7) is 0. The van der Waals surface area contributed by atoms with Gasteiger partial charge < -0.3 is 10.4 Å². The van der Waals surface area contributed by atoms with Crippen LogP contribution in [-0.4, -0.2) is 21.0 Å². The number of nitrogens with one attached hydrogen (secondary N) is 1. The lowest BCUT2D eigenvalue weighted by Gasteiger charge is -2.10. The highest BCUT2D eigenvalue weighted by Gasteiger charge is 2.17. The van der Waals surface area contributed by atoms with E-state index in [9.17, 15) is 4.79 Å². The third kappa shape index (κ3) is 2.68. The second-order valence-corrected chi connectivity index (χ2v) is 5.25. The zero-order chi connectivity index (χ0) is 15.7. The first-order chi connectivity index (χ1) is 10.6. The molecule has 2 N–H and O–H groups in total. The smallest absolute Gasteiger partial charge is 0.338 e. The monoisotopic (exact) mass is 333 g/mol. The normalized spacial score (nSPS) is 10.6. The number of carboxylic acid groups (broad SMARTS) is 1. The minimum absolute atomic E-state index is 0.0109. The third-order valence-electron chi connectivity index (χ3n) is 3.04. The summed E-state index contributed by atoms with van der Waals surface area (Å²) in [7, 11) is 0. The van der Waals surface area contributed by atoms with Crippen LogP contribution < -0.4 is 5.32 Å². The summed E-state index contributed by atoms with van der Waals surface area (Å²) >= 11 is 11.9. The van der Waals surface area contributed by atoms with Crippen LogP contribution in [0.3, 0.4) is 0 Å². The summed E-state index contributed by atoms with van der Waals surface area (Å²) in [5.74, 6) is -0.877. The summed E-state index contributed by atoms with van der Waals surface area (Å²) in [6, 6.07) is 10.6. The minimum atomic E-state index is -1.20. The van der Waals surface area contributed by atoms with Crippen molar-refractivity contribution in [3.05, 3.63) is 58.2 Å². The van der Waals surface area contributed by atoms with Gasteiger partial charge >= 0.3 is 5.97 Å². The van der Waals surface area contributed by atoms with E-state index in [2.05, 4.69) is 15.3 Å². The number of carboxylic acids is 1. The lowest BCUT2D eigenvalue weighted by Crippen LogP contribution is -2.03. The van der Waals surface area contributed by atoms with Crippen molar-refractivity contribution in [2.45, 2.75) is 0 Å². The molecule has 22 heavy (non-hydrogen) atoms. The average Bonchev–Trinajstić information content (AvgIpc) is 2.50. The Bertz CT molecular complexity index is 884. The van der Waals surface area contributed by atoms with Gasteiger partial charge in [0.25, 0.3) is 0 Å². The molecular weight excluding hydrogens is 325 g/mol. The van der Waals surface area contributed by atoms with Crippen LogP contribution in [0, 0.1) is 0 Å². The van der Waals surface area contributed by atoms with Gasteiger partial charge in [0.1, 0.15) is 0 Å². The summed E-state index contributed by atoms with van der Waals surface area (Å²) in [4.78, 5) is 19.7. The van der Waals surface area contributed by atoms with Crippen LogP contribution in [0.5, 0.6) is 0 Å². The van der Waals surface area contributed by atoms with Crippen LogP contribution in [0.25, 0.3) is 10.9 Å². The van der Waals surface area contributed by atoms with E-state index < -0.39 is 5.97 Å². The molecule has 0 amide bonds. The van der Waals surface area contributed by atoms with E-state index in [0.29, 0.717) is 11.6 Å². The third-order valence-corrected chi connectivity index (χ3v) is 3.75. The Labute approximate surface area is 135 Å². The highest BCUT2D eigenvalue weighted by atomic mass is 35.5. The predicted molar refractivity (Wildman–Crippen MR) is 86.2 cm³/mol. The van der Waals surface area contributed by atoms with Crippen LogP contribution in [-0.2, 0) is 0 Å². The quantitative estimate of drug-likeness (QED) is 0.743. The number of carbonyl (C=O) groups is 1. The number of para-hydroxylation sites is 1. The zero-order valence-electron chi connectivity index (χ0n) is 11.0. The largest absolute Gasteiger partial charge is 0.478 e. The molecule has 5 nitrogen and oxygen atoms in total. The molecule has 0 aliphatic carbocycles. The average molecular weight is 334 g/mol. The topological polar surface area (TPSA) is 75.1 Å². The number of hydrogen-bond acceptors (Lipinski definition) is 4.